The van der Waals surface area contributed by atoms with E-state index in [0.29, 0.717) is 6.54 Å². The Hall–Kier alpha value is -1.20. The summed E-state index contributed by atoms with van der Waals surface area (Å²) in [4.78, 5) is 0. The van der Waals surface area contributed by atoms with Crippen molar-refractivity contribution in [1.29, 1.82) is 5.26 Å². The fraction of sp³-hybridized carbons (Fsp3) is 0.500. The molecule has 90 valence electrons. The van der Waals surface area contributed by atoms with Gasteiger partial charge in [-0.25, -0.2) is 0 Å². The molecule has 0 heterocycles. The van der Waals surface area contributed by atoms with Gasteiger partial charge in [0.15, 0.2) is 0 Å². The zero-order chi connectivity index (χ0) is 12.5. The van der Waals surface area contributed by atoms with E-state index in [2.05, 4.69) is 17.5 Å². The molecule has 1 aliphatic carbocycles. The lowest BCUT2D eigenvalue weighted by atomic mass is 9.70. The van der Waals surface area contributed by atoms with Gasteiger partial charge in [0.25, 0.3) is 0 Å². The van der Waals surface area contributed by atoms with E-state index in [1.54, 1.807) is 0 Å². The topological polar surface area (TPSA) is 35.8 Å². The van der Waals surface area contributed by atoms with Crippen molar-refractivity contribution in [2.24, 2.45) is 5.41 Å². The zero-order valence-electron chi connectivity index (χ0n) is 10.3. The highest BCUT2D eigenvalue weighted by Crippen LogP contribution is 2.41. The molecule has 1 saturated carbocycles. The Kier molecular flexibility index (Phi) is 3.31. The normalized spacial score (nSPS) is 17.1. The number of benzene rings is 1. The first-order valence-electron chi connectivity index (χ1n) is 5.98. The second-order valence-electron chi connectivity index (χ2n) is 5.04. The molecule has 1 aliphatic rings. The fourth-order valence-corrected chi connectivity index (χ4v) is 2.72. The van der Waals surface area contributed by atoms with Crippen molar-refractivity contribution in [1.82, 2.24) is 0 Å². The number of hydrogen-bond acceptors (Lipinski definition) is 2. The van der Waals surface area contributed by atoms with Crippen LogP contribution in [0.25, 0.3) is 0 Å². The zero-order valence-corrected chi connectivity index (χ0v) is 11.1. The predicted molar refractivity (Wildman–Crippen MR) is 71.3 cm³/mol. The van der Waals surface area contributed by atoms with Crippen molar-refractivity contribution in [3.05, 3.63) is 28.3 Å². The average molecular weight is 249 g/mol. The van der Waals surface area contributed by atoms with Gasteiger partial charge in [0.1, 0.15) is 0 Å². The number of nitrogens with one attached hydrogen (secondary N) is 1. The molecule has 1 fully saturated rings. The Morgan fingerprint density at radius 2 is 2.12 bits per heavy atom. The van der Waals surface area contributed by atoms with Gasteiger partial charge >= 0.3 is 0 Å². The molecule has 2 nitrogen and oxygen atoms in total. The fourth-order valence-electron chi connectivity index (χ4n) is 2.33. The number of aryl methyl sites for hydroxylation is 2. The number of halogens is 1. The Balaban J connectivity index is 2.12. The summed E-state index contributed by atoms with van der Waals surface area (Å²) in [6.07, 6.45) is 3.16. The van der Waals surface area contributed by atoms with Gasteiger partial charge in [-0.05, 0) is 43.9 Å². The van der Waals surface area contributed by atoms with Crippen molar-refractivity contribution in [2.75, 3.05) is 11.9 Å². The molecule has 0 atom stereocenters. The molecule has 0 amide bonds. The molecule has 0 spiro atoms. The number of hydrogen-bond donors (Lipinski definition) is 1. The standard InChI is InChI=1S/C14H17ClN2/c1-10-6-11(2)13(12(15)7-10)17-9-14(8-16)4-3-5-14/h6-7,17H,3-5,9H2,1-2H3. The van der Waals surface area contributed by atoms with Gasteiger partial charge < -0.3 is 5.32 Å². The highest BCUT2D eigenvalue weighted by molar-refractivity contribution is 6.33. The molecule has 17 heavy (non-hydrogen) atoms. The van der Waals surface area contributed by atoms with Crippen LogP contribution in [0.1, 0.15) is 30.4 Å². The van der Waals surface area contributed by atoms with Crippen LogP contribution in [0.2, 0.25) is 5.02 Å². The first-order chi connectivity index (χ1) is 8.06. The third kappa shape index (κ3) is 2.40. The van der Waals surface area contributed by atoms with Gasteiger partial charge in [0, 0.05) is 6.54 Å². The van der Waals surface area contributed by atoms with Crippen molar-refractivity contribution in [3.63, 3.8) is 0 Å². The van der Waals surface area contributed by atoms with Crippen LogP contribution in [0.4, 0.5) is 5.69 Å². The molecule has 0 aromatic heterocycles. The Morgan fingerprint density at radius 3 is 2.59 bits per heavy atom. The predicted octanol–water partition coefficient (Wildman–Crippen LogP) is 4.06. The minimum atomic E-state index is -0.166. The van der Waals surface area contributed by atoms with Crippen molar-refractivity contribution < 1.29 is 0 Å². The summed E-state index contributed by atoms with van der Waals surface area (Å²) in [5, 5.41) is 13.3. The van der Waals surface area contributed by atoms with Crippen LogP contribution in [0.5, 0.6) is 0 Å². The Labute approximate surface area is 108 Å². The van der Waals surface area contributed by atoms with E-state index >= 15 is 0 Å². The quantitative estimate of drug-likeness (QED) is 0.876. The Morgan fingerprint density at radius 1 is 1.41 bits per heavy atom. The van der Waals surface area contributed by atoms with Crippen LogP contribution >= 0.6 is 11.6 Å². The van der Waals surface area contributed by atoms with Crippen LogP contribution in [-0.2, 0) is 0 Å². The summed E-state index contributed by atoms with van der Waals surface area (Å²) in [6.45, 7) is 4.78. The molecule has 0 aliphatic heterocycles. The smallest absolute Gasteiger partial charge is 0.0746 e. The summed E-state index contributed by atoms with van der Waals surface area (Å²) >= 11 is 6.22. The first-order valence-corrected chi connectivity index (χ1v) is 6.36. The largest absolute Gasteiger partial charge is 0.382 e. The van der Waals surface area contributed by atoms with E-state index in [1.807, 2.05) is 19.9 Å². The number of nitriles is 1. The number of rotatable bonds is 3. The molecular weight excluding hydrogens is 232 g/mol. The van der Waals surface area contributed by atoms with Gasteiger partial charge in [0.2, 0.25) is 0 Å². The molecule has 1 aromatic carbocycles. The van der Waals surface area contributed by atoms with Crippen LogP contribution in [0.3, 0.4) is 0 Å². The van der Waals surface area contributed by atoms with E-state index in [-0.39, 0.29) is 5.41 Å². The summed E-state index contributed by atoms with van der Waals surface area (Å²) in [6, 6.07) is 6.49. The molecule has 1 N–H and O–H groups in total. The molecule has 0 bridgehead atoms. The van der Waals surface area contributed by atoms with E-state index in [9.17, 15) is 5.26 Å². The second-order valence-corrected chi connectivity index (χ2v) is 5.45. The third-order valence-corrected chi connectivity index (χ3v) is 3.88. The van der Waals surface area contributed by atoms with E-state index < -0.39 is 0 Å². The maximum absolute atomic E-state index is 9.17. The Bertz CT molecular complexity index is 447. The molecule has 0 radical (unpaired) electrons. The number of nitrogens with zero attached hydrogens (tertiary/aromatic N) is 1. The van der Waals surface area contributed by atoms with Crippen LogP contribution in [0, 0.1) is 30.6 Å². The van der Waals surface area contributed by atoms with E-state index in [1.165, 1.54) is 0 Å². The van der Waals surface area contributed by atoms with Gasteiger partial charge in [-0.3, -0.25) is 0 Å². The summed E-state index contributed by atoms with van der Waals surface area (Å²) < 4.78 is 0. The van der Waals surface area contributed by atoms with E-state index in [4.69, 9.17) is 11.6 Å². The first kappa shape index (κ1) is 12.3. The molecule has 0 saturated heterocycles. The highest BCUT2D eigenvalue weighted by atomic mass is 35.5. The molecular formula is C14H17ClN2. The minimum Gasteiger partial charge on any atom is -0.382 e. The lowest BCUT2D eigenvalue weighted by Crippen LogP contribution is -2.35. The monoisotopic (exact) mass is 248 g/mol. The summed E-state index contributed by atoms with van der Waals surface area (Å²) in [5.74, 6) is 0. The molecule has 1 aromatic rings. The van der Waals surface area contributed by atoms with Crippen molar-refractivity contribution >= 4 is 17.3 Å². The van der Waals surface area contributed by atoms with E-state index in [0.717, 1.165) is 41.1 Å². The van der Waals surface area contributed by atoms with Crippen molar-refractivity contribution in [2.45, 2.75) is 33.1 Å². The molecule has 0 unspecified atom stereocenters. The van der Waals surface area contributed by atoms with Gasteiger partial charge in [-0.2, -0.15) is 5.26 Å². The van der Waals surface area contributed by atoms with Crippen LogP contribution in [0.15, 0.2) is 12.1 Å². The molecule has 2 rings (SSSR count). The lowest BCUT2D eigenvalue weighted by Gasteiger charge is -2.35. The average Bonchev–Trinajstić information content (AvgIpc) is 2.19. The summed E-state index contributed by atoms with van der Waals surface area (Å²) in [7, 11) is 0. The van der Waals surface area contributed by atoms with Crippen molar-refractivity contribution in [3.8, 4) is 6.07 Å². The van der Waals surface area contributed by atoms with Crippen LogP contribution in [-0.4, -0.2) is 6.54 Å². The van der Waals surface area contributed by atoms with Crippen LogP contribution < -0.4 is 5.32 Å². The maximum Gasteiger partial charge on any atom is 0.0746 e. The van der Waals surface area contributed by atoms with Gasteiger partial charge in [-0.15, -0.1) is 0 Å². The highest BCUT2D eigenvalue weighted by Gasteiger charge is 2.37. The maximum atomic E-state index is 9.17. The lowest BCUT2D eigenvalue weighted by molar-refractivity contribution is 0.233. The van der Waals surface area contributed by atoms with Gasteiger partial charge in [-0.1, -0.05) is 24.1 Å². The van der Waals surface area contributed by atoms with Gasteiger partial charge in [0.05, 0.1) is 22.2 Å². The SMILES string of the molecule is Cc1cc(C)c(NCC2(C#N)CCC2)c(Cl)c1. The molecule has 3 heteroatoms. The number of anilines is 1. The second kappa shape index (κ2) is 4.58. The minimum absolute atomic E-state index is 0.166. The third-order valence-electron chi connectivity index (χ3n) is 3.58. The summed E-state index contributed by atoms with van der Waals surface area (Å²) in [5.41, 5.74) is 3.11.